The Morgan fingerprint density at radius 3 is 2.07 bits per heavy atom. The number of nitrogens with one attached hydrogen (secondary N) is 1. The number of fused-ring (bicyclic) bond motifs is 1. The van der Waals surface area contributed by atoms with Crippen LogP contribution in [0.2, 0.25) is 5.15 Å². The molecule has 1 aliphatic rings. The molecule has 1 aliphatic heterocycles. The molecule has 3 heterocycles. The van der Waals surface area contributed by atoms with Crippen molar-refractivity contribution < 1.29 is 33.3 Å². The standard InChI is InChI=1S/C32H25ClN4O7/c1-18-10-8-9-15-21(18)32(40)41-16-22-24(43-30(38)19-11-4-2-5-12-19)25(44-31(39)20-13-6-3-7-14-20)26(42-22)29-36-23-27(33)34-17-35-28(23)37-29/h2-15,17,22,24-26H,16H2,1H3,(H,34,35,36,37)/t22-,24-,25-,26-/m1/s1. The molecule has 1 saturated heterocycles. The number of carbonyl (C=O) groups excluding carboxylic acids is 3. The predicted octanol–water partition coefficient (Wildman–Crippen LogP) is 5.06. The van der Waals surface area contributed by atoms with Gasteiger partial charge >= 0.3 is 17.9 Å². The zero-order valence-electron chi connectivity index (χ0n) is 23.3. The smallest absolute Gasteiger partial charge is 0.338 e. The Balaban J connectivity index is 1.36. The monoisotopic (exact) mass is 612 g/mol. The number of aromatic nitrogens is 4. The quantitative estimate of drug-likeness (QED) is 0.143. The highest BCUT2D eigenvalue weighted by molar-refractivity contribution is 6.33. The number of aryl methyl sites for hydroxylation is 1. The molecule has 0 saturated carbocycles. The topological polar surface area (TPSA) is 143 Å². The van der Waals surface area contributed by atoms with E-state index in [0.717, 1.165) is 5.56 Å². The van der Waals surface area contributed by atoms with Crippen molar-refractivity contribution in [1.82, 2.24) is 19.9 Å². The lowest BCUT2D eigenvalue weighted by molar-refractivity contribution is -0.0454. The first kappa shape index (κ1) is 29.0. The van der Waals surface area contributed by atoms with Crippen LogP contribution in [-0.2, 0) is 18.9 Å². The Kier molecular flexibility index (Phi) is 8.31. The summed E-state index contributed by atoms with van der Waals surface area (Å²) in [6.07, 6.45) is -3.30. The van der Waals surface area contributed by atoms with Crippen LogP contribution in [0.15, 0.2) is 91.3 Å². The van der Waals surface area contributed by atoms with Gasteiger partial charge in [0.25, 0.3) is 0 Å². The molecule has 0 unspecified atom stereocenters. The highest BCUT2D eigenvalue weighted by Gasteiger charge is 2.52. The maximum absolute atomic E-state index is 13.3. The highest BCUT2D eigenvalue weighted by atomic mass is 35.5. The van der Waals surface area contributed by atoms with Crippen LogP contribution < -0.4 is 0 Å². The molecule has 222 valence electrons. The van der Waals surface area contributed by atoms with Gasteiger partial charge in [0.1, 0.15) is 30.4 Å². The minimum absolute atomic E-state index is 0.101. The van der Waals surface area contributed by atoms with Gasteiger partial charge in [-0.05, 0) is 42.8 Å². The Labute approximate surface area is 256 Å². The second kappa shape index (κ2) is 12.6. The van der Waals surface area contributed by atoms with Gasteiger partial charge in [0.2, 0.25) is 0 Å². The fourth-order valence-corrected chi connectivity index (χ4v) is 5.05. The molecule has 6 rings (SSSR count). The number of hydrogen-bond donors (Lipinski definition) is 1. The summed E-state index contributed by atoms with van der Waals surface area (Å²) in [5.41, 5.74) is 2.23. The van der Waals surface area contributed by atoms with Crippen LogP contribution in [0, 0.1) is 6.92 Å². The number of benzene rings is 3. The molecule has 0 spiro atoms. The van der Waals surface area contributed by atoms with E-state index in [1.165, 1.54) is 6.33 Å². The van der Waals surface area contributed by atoms with Crippen molar-refractivity contribution in [1.29, 1.82) is 0 Å². The third kappa shape index (κ3) is 6.01. The van der Waals surface area contributed by atoms with Crippen LogP contribution in [0.25, 0.3) is 11.2 Å². The van der Waals surface area contributed by atoms with E-state index < -0.39 is 42.3 Å². The van der Waals surface area contributed by atoms with Crippen molar-refractivity contribution in [2.45, 2.75) is 31.3 Å². The Hall–Kier alpha value is -5.13. The van der Waals surface area contributed by atoms with E-state index in [9.17, 15) is 14.4 Å². The van der Waals surface area contributed by atoms with E-state index in [1.54, 1.807) is 85.8 Å². The number of ether oxygens (including phenoxy) is 4. The number of halogens is 1. The summed E-state index contributed by atoms with van der Waals surface area (Å²) < 4.78 is 23.9. The Morgan fingerprint density at radius 1 is 0.818 bits per heavy atom. The summed E-state index contributed by atoms with van der Waals surface area (Å²) >= 11 is 6.24. The lowest BCUT2D eigenvalue weighted by Crippen LogP contribution is -2.41. The average molecular weight is 613 g/mol. The van der Waals surface area contributed by atoms with Gasteiger partial charge in [0.15, 0.2) is 29.1 Å². The molecule has 1 fully saturated rings. The van der Waals surface area contributed by atoms with Crippen molar-refractivity contribution >= 4 is 40.7 Å². The van der Waals surface area contributed by atoms with Gasteiger partial charge in [-0.2, -0.15) is 0 Å². The largest absolute Gasteiger partial charge is 0.459 e. The van der Waals surface area contributed by atoms with E-state index in [0.29, 0.717) is 11.2 Å². The van der Waals surface area contributed by atoms with Crippen molar-refractivity contribution in [3.05, 3.63) is 124 Å². The summed E-state index contributed by atoms with van der Waals surface area (Å²) in [5.74, 6) is -1.76. The molecule has 0 bridgehead atoms. The SMILES string of the molecule is Cc1ccccc1C(=O)OC[C@H]1O[C@@H](c2nc3c(Cl)ncnc3[nH]2)[C@H](OC(=O)c2ccccc2)[C@@H]1OC(=O)c1ccccc1. The number of hydrogen-bond acceptors (Lipinski definition) is 10. The second-order valence-electron chi connectivity index (χ2n) is 9.96. The fraction of sp³-hybridized carbons (Fsp3) is 0.188. The fourth-order valence-electron chi connectivity index (χ4n) is 4.87. The average Bonchev–Trinajstić information content (AvgIpc) is 3.63. The zero-order valence-corrected chi connectivity index (χ0v) is 24.0. The molecule has 5 aromatic rings. The predicted molar refractivity (Wildman–Crippen MR) is 157 cm³/mol. The number of nitrogens with zero attached hydrogens (tertiary/aromatic N) is 3. The van der Waals surface area contributed by atoms with Gasteiger partial charge in [-0.1, -0.05) is 66.2 Å². The Bertz CT molecular complexity index is 1820. The normalized spacial score (nSPS) is 19.4. The number of imidazole rings is 1. The summed E-state index contributed by atoms with van der Waals surface area (Å²) in [6, 6.07) is 23.6. The molecule has 1 N–H and O–H groups in total. The van der Waals surface area contributed by atoms with Crippen molar-refractivity contribution in [2.75, 3.05) is 6.61 Å². The third-order valence-electron chi connectivity index (χ3n) is 7.08. The van der Waals surface area contributed by atoms with Crippen LogP contribution in [0.5, 0.6) is 0 Å². The van der Waals surface area contributed by atoms with E-state index >= 15 is 0 Å². The highest BCUT2D eigenvalue weighted by Crippen LogP contribution is 2.38. The van der Waals surface area contributed by atoms with Crippen molar-refractivity contribution in [2.24, 2.45) is 0 Å². The first-order chi connectivity index (χ1) is 21.4. The third-order valence-corrected chi connectivity index (χ3v) is 7.36. The van der Waals surface area contributed by atoms with Crippen molar-refractivity contribution in [3.8, 4) is 0 Å². The van der Waals surface area contributed by atoms with E-state index in [1.807, 2.05) is 6.07 Å². The van der Waals surface area contributed by atoms with Gasteiger partial charge in [-0.15, -0.1) is 0 Å². The molecule has 0 amide bonds. The van der Waals surface area contributed by atoms with Gasteiger partial charge in [-0.3, -0.25) is 0 Å². The molecular weight excluding hydrogens is 588 g/mol. The molecule has 0 radical (unpaired) electrons. The zero-order chi connectivity index (χ0) is 30.6. The molecule has 4 atom stereocenters. The molecule has 12 heteroatoms. The minimum Gasteiger partial charge on any atom is -0.459 e. The van der Waals surface area contributed by atoms with Gasteiger partial charge in [0, 0.05) is 0 Å². The molecule has 0 aliphatic carbocycles. The number of H-pyrrole nitrogens is 1. The number of carbonyl (C=O) groups is 3. The summed E-state index contributed by atoms with van der Waals surface area (Å²) in [4.78, 5) is 55.3. The first-order valence-corrected chi connectivity index (χ1v) is 14.0. The first-order valence-electron chi connectivity index (χ1n) is 13.7. The molecule has 2 aromatic heterocycles. The summed E-state index contributed by atoms with van der Waals surface area (Å²) in [6.45, 7) is 1.47. The molecule has 3 aromatic carbocycles. The minimum atomic E-state index is -1.22. The number of esters is 3. The van der Waals surface area contributed by atoms with E-state index in [-0.39, 0.29) is 34.2 Å². The summed E-state index contributed by atoms with van der Waals surface area (Å²) in [5, 5.41) is 0.101. The van der Waals surface area contributed by atoms with E-state index in [2.05, 4.69) is 19.9 Å². The number of rotatable bonds is 8. The van der Waals surface area contributed by atoms with Gasteiger partial charge in [0.05, 0.1) is 16.7 Å². The summed E-state index contributed by atoms with van der Waals surface area (Å²) in [7, 11) is 0. The van der Waals surface area contributed by atoms with Crippen LogP contribution >= 0.6 is 11.6 Å². The number of aromatic amines is 1. The molecule has 11 nitrogen and oxygen atoms in total. The van der Waals surface area contributed by atoms with Gasteiger partial charge in [-0.25, -0.2) is 29.3 Å². The maximum Gasteiger partial charge on any atom is 0.338 e. The van der Waals surface area contributed by atoms with Crippen molar-refractivity contribution in [3.63, 3.8) is 0 Å². The molecular formula is C32H25ClN4O7. The van der Waals surface area contributed by atoms with Crippen LogP contribution in [0.3, 0.4) is 0 Å². The van der Waals surface area contributed by atoms with Crippen LogP contribution in [0.1, 0.15) is 48.6 Å². The Morgan fingerprint density at radius 2 is 1.43 bits per heavy atom. The van der Waals surface area contributed by atoms with Gasteiger partial charge < -0.3 is 23.9 Å². The lowest BCUT2D eigenvalue weighted by atomic mass is 10.1. The second-order valence-corrected chi connectivity index (χ2v) is 10.3. The van der Waals surface area contributed by atoms with Crippen LogP contribution in [-0.4, -0.2) is 62.8 Å². The maximum atomic E-state index is 13.3. The lowest BCUT2D eigenvalue weighted by Gasteiger charge is -2.24. The van der Waals surface area contributed by atoms with Crippen LogP contribution in [0.4, 0.5) is 0 Å². The molecule has 44 heavy (non-hydrogen) atoms. The van der Waals surface area contributed by atoms with E-state index in [4.69, 9.17) is 30.5 Å².